The second-order valence-electron chi connectivity index (χ2n) is 4.88. The molecule has 24 heavy (non-hydrogen) atoms. The van der Waals surface area contributed by atoms with Crippen molar-refractivity contribution in [3.8, 4) is 0 Å². The molecule has 3 nitrogen and oxygen atoms in total. The van der Waals surface area contributed by atoms with Gasteiger partial charge in [0.25, 0.3) is 0 Å². The van der Waals surface area contributed by atoms with Gasteiger partial charge in [-0.15, -0.1) is 0 Å². The number of allylic oxidation sites excluding steroid dienone is 2. The first-order valence-electron chi connectivity index (χ1n) is 8.90. The third-order valence-corrected chi connectivity index (χ3v) is 2.92. The van der Waals surface area contributed by atoms with E-state index in [9.17, 15) is 4.79 Å². The molecule has 0 spiro atoms. The minimum absolute atomic E-state index is 0.0545. The van der Waals surface area contributed by atoms with Gasteiger partial charge in [0.2, 0.25) is 5.91 Å². The summed E-state index contributed by atoms with van der Waals surface area (Å²) in [5.74, 6) is 0.0545. The molecule has 136 valence electrons. The van der Waals surface area contributed by atoms with Crippen LogP contribution in [0.1, 0.15) is 59.9 Å². The molecule has 2 rings (SSSR count). The summed E-state index contributed by atoms with van der Waals surface area (Å²) < 4.78 is 0. The third kappa shape index (κ3) is 12.7. The molecule has 0 heterocycles. The van der Waals surface area contributed by atoms with Crippen LogP contribution in [0.15, 0.2) is 48.1 Å². The molecule has 0 aromatic heterocycles. The molecule has 2 N–H and O–H groups in total. The lowest BCUT2D eigenvalue weighted by Gasteiger charge is -2.06. The first-order chi connectivity index (χ1) is 11.5. The highest BCUT2D eigenvalue weighted by Gasteiger charge is 1.99. The number of aliphatic hydroxyl groups is 1. The number of rotatable bonds is 2. The molecule has 1 aliphatic carbocycles. The van der Waals surface area contributed by atoms with Crippen molar-refractivity contribution in [3.63, 3.8) is 0 Å². The summed E-state index contributed by atoms with van der Waals surface area (Å²) in [6, 6.07) is 7.77. The van der Waals surface area contributed by atoms with E-state index >= 15 is 0 Å². The Bertz CT molecular complexity index is 487. The molecule has 1 aromatic rings. The van der Waals surface area contributed by atoms with E-state index in [1.54, 1.807) is 0 Å². The summed E-state index contributed by atoms with van der Waals surface area (Å²) >= 11 is 0. The highest BCUT2D eigenvalue weighted by molar-refractivity contribution is 5.90. The number of carbonyl (C=O) groups excluding carboxylic acids is 1. The van der Waals surface area contributed by atoms with Gasteiger partial charge in [0.1, 0.15) is 0 Å². The van der Waals surface area contributed by atoms with E-state index in [4.69, 9.17) is 5.11 Å². The highest BCUT2D eigenvalue weighted by atomic mass is 16.3. The molecule has 0 radical (unpaired) electrons. The molecule has 1 amide bonds. The summed E-state index contributed by atoms with van der Waals surface area (Å²) in [5.41, 5.74) is 3.31. The van der Waals surface area contributed by atoms with Gasteiger partial charge in [-0.1, -0.05) is 76.1 Å². The first-order valence-corrected chi connectivity index (χ1v) is 8.90. The Morgan fingerprint density at radius 2 is 1.67 bits per heavy atom. The second kappa shape index (κ2) is 16.0. The number of aryl methyl sites for hydroxylation is 1. The maximum Gasteiger partial charge on any atom is 0.224 e. The van der Waals surface area contributed by atoms with Gasteiger partial charge in [-0.25, -0.2) is 0 Å². The Balaban J connectivity index is 0. The fraction of sp³-hybridized carbons (Fsp3) is 0.476. The fourth-order valence-electron chi connectivity index (χ4n) is 1.60. The van der Waals surface area contributed by atoms with Crippen LogP contribution < -0.4 is 5.32 Å². The second-order valence-corrected chi connectivity index (χ2v) is 4.88. The summed E-state index contributed by atoms with van der Waals surface area (Å²) in [4.78, 5) is 11.0. The number of anilines is 1. The zero-order valence-corrected chi connectivity index (χ0v) is 16.4. The van der Waals surface area contributed by atoms with Gasteiger partial charge in [-0.05, 0) is 32.4 Å². The third-order valence-electron chi connectivity index (χ3n) is 2.92. The van der Waals surface area contributed by atoms with Crippen LogP contribution in [0.3, 0.4) is 0 Å². The molecule has 1 atom stereocenters. The summed E-state index contributed by atoms with van der Waals surface area (Å²) in [6.45, 7) is 13.9. The summed E-state index contributed by atoms with van der Waals surface area (Å²) in [5, 5.41) is 11.7. The topological polar surface area (TPSA) is 49.3 Å². The number of benzene rings is 1. The Hall–Kier alpha value is -1.87. The average Bonchev–Trinajstić information content (AvgIpc) is 2.63. The van der Waals surface area contributed by atoms with Crippen LogP contribution in [0.4, 0.5) is 5.69 Å². The normalized spacial score (nSPS) is 14.5. The molecule has 0 fully saturated rings. The number of hydrogen-bond donors (Lipinski definition) is 2. The van der Waals surface area contributed by atoms with E-state index in [2.05, 4.69) is 5.32 Å². The van der Waals surface area contributed by atoms with Crippen LogP contribution in [0, 0.1) is 6.92 Å². The number of hydrogen-bond acceptors (Lipinski definition) is 2. The molecule has 0 bridgehead atoms. The Morgan fingerprint density at radius 3 is 2.04 bits per heavy atom. The maximum atomic E-state index is 11.0. The average molecular weight is 334 g/mol. The van der Waals surface area contributed by atoms with Gasteiger partial charge in [-0.2, -0.15) is 0 Å². The van der Waals surface area contributed by atoms with Crippen LogP contribution in [0.2, 0.25) is 0 Å². The fourth-order valence-corrected chi connectivity index (χ4v) is 1.60. The van der Waals surface area contributed by atoms with Gasteiger partial charge >= 0.3 is 0 Å². The Kier molecular flexibility index (Phi) is 16.3. The van der Waals surface area contributed by atoms with Crippen LogP contribution >= 0.6 is 0 Å². The SMILES string of the molecule is CC.CC.CC1=CCC(O)C=C1.CCC(=O)Nc1ccc(C)cc1. The van der Waals surface area contributed by atoms with Crippen LogP contribution in [0.25, 0.3) is 0 Å². The zero-order valence-electron chi connectivity index (χ0n) is 16.4. The monoisotopic (exact) mass is 333 g/mol. The van der Waals surface area contributed by atoms with Crippen molar-refractivity contribution in [3.05, 3.63) is 53.6 Å². The van der Waals surface area contributed by atoms with Crippen LogP contribution in [-0.4, -0.2) is 17.1 Å². The van der Waals surface area contributed by atoms with E-state index in [0.29, 0.717) is 6.42 Å². The van der Waals surface area contributed by atoms with Gasteiger partial charge in [0.15, 0.2) is 0 Å². The van der Waals surface area contributed by atoms with Crippen molar-refractivity contribution in [2.24, 2.45) is 0 Å². The van der Waals surface area contributed by atoms with Gasteiger partial charge in [0, 0.05) is 12.1 Å². The Labute approximate surface area is 148 Å². The van der Waals surface area contributed by atoms with E-state index in [-0.39, 0.29) is 12.0 Å². The van der Waals surface area contributed by atoms with E-state index in [1.807, 2.05) is 91.0 Å². The molecule has 0 saturated carbocycles. The predicted octanol–water partition coefficient (Wildman–Crippen LogP) is 5.65. The highest BCUT2D eigenvalue weighted by Crippen LogP contribution is 2.09. The summed E-state index contributed by atoms with van der Waals surface area (Å²) in [6.07, 6.45) is 6.85. The standard InChI is InChI=1S/C10H13NO.C7H10O.2C2H6/c1-3-10(12)11-9-6-4-8(2)5-7-9;1-6-2-4-7(8)5-3-6;2*1-2/h4-7H,3H2,1-2H3,(H,11,12);2-4,7-8H,5H2,1H3;2*1-2H3. The molecule has 0 saturated heterocycles. The van der Waals surface area contributed by atoms with Crippen molar-refractivity contribution < 1.29 is 9.90 Å². The van der Waals surface area contributed by atoms with Crippen LogP contribution in [0.5, 0.6) is 0 Å². The molecule has 3 heteroatoms. The lowest BCUT2D eigenvalue weighted by atomic mass is 10.1. The van der Waals surface area contributed by atoms with E-state index in [0.717, 1.165) is 12.1 Å². The zero-order chi connectivity index (χ0) is 19.0. The molecule has 1 unspecified atom stereocenters. The lowest BCUT2D eigenvalue weighted by Crippen LogP contribution is -2.08. The number of nitrogens with one attached hydrogen (secondary N) is 1. The largest absolute Gasteiger partial charge is 0.389 e. The van der Waals surface area contributed by atoms with Crippen molar-refractivity contribution in [2.45, 2.75) is 67.4 Å². The molecular weight excluding hydrogens is 298 g/mol. The minimum Gasteiger partial charge on any atom is -0.389 e. The van der Waals surface area contributed by atoms with E-state index < -0.39 is 0 Å². The number of carbonyl (C=O) groups is 1. The van der Waals surface area contributed by atoms with Crippen LogP contribution in [-0.2, 0) is 4.79 Å². The van der Waals surface area contributed by atoms with E-state index in [1.165, 1.54) is 11.1 Å². The maximum absolute atomic E-state index is 11.0. The van der Waals surface area contributed by atoms with Crippen molar-refractivity contribution >= 4 is 11.6 Å². The number of amides is 1. The lowest BCUT2D eigenvalue weighted by molar-refractivity contribution is -0.115. The molecule has 1 aromatic carbocycles. The number of aliphatic hydroxyl groups excluding tert-OH is 1. The van der Waals surface area contributed by atoms with Crippen molar-refractivity contribution in [1.82, 2.24) is 0 Å². The van der Waals surface area contributed by atoms with Gasteiger partial charge < -0.3 is 10.4 Å². The van der Waals surface area contributed by atoms with Crippen molar-refractivity contribution in [2.75, 3.05) is 5.32 Å². The Morgan fingerprint density at radius 1 is 1.12 bits per heavy atom. The quantitative estimate of drug-likeness (QED) is 0.734. The van der Waals surface area contributed by atoms with Gasteiger partial charge in [-0.3, -0.25) is 4.79 Å². The predicted molar refractivity (Wildman–Crippen MR) is 106 cm³/mol. The van der Waals surface area contributed by atoms with Crippen molar-refractivity contribution in [1.29, 1.82) is 0 Å². The smallest absolute Gasteiger partial charge is 0.224 e. The molecule has 0 aliphatic heterocycles. The first kappa shape index (κ1) is 24.4. The minimum atomic E-state index is -0.237. The molecule has 1 aliphatic rings. The summed E-state index contributed by atoms with van der Waals surface area (Å²) in [7, 11) is 0. The van der Waals surface area contributed by atoms with Gasteiger partial charge in [0.05, 0.1) is 6.10 Å². The molecular formula is C21H35NO2.